The SMILES string of the molecule is CC1(C)COC(c2ccccc2)CN1C(=O)CCCCCCN.Cl. The van der Waals surface area contributed by atoms with Gasteiger partial charge < -0.3 is 15.4 Å². The lowest BCUT2D eigenvalue weighted by atomic mass is 9.97. The normalized spacial score (nSPS) is 19.6. The molecule has 0 aliphatic carbocycles. The third-order valence-electron chi connectivity index (χ3n) is 4.53. The molecule has 1 atom stereocenters. The third-order valence-corrected chi connectivity index (χ3v) is 4.53. The fourth-order valence-corrected chi connectivity index (χ4v) is 3.07. The second kappa shape index (κ2) is 10.0. The van der Waals surface area contributed by atoms with Crippen LogP contribution in [0.15, 0.2) is 30.3 Å². The molecule has 0 spiro atoms. The Balaban J connectivity index is 0.00000288. The molecule has 2 rings (SSSR count). The summed E-state index contributed by atoms with van der Waals surface area (Å²) in [5, 5.41) is 0. The van der Waals surface area contributed by atoms with E-state index < -0.39 is 0 Å². The highest BCUT2D eigenvalue weighted by Crippen LogP contribution is 2.31. The van der Waals surface area contributed by atoms with Gasteiger partial charge in [0.25, 0.3) is 0 Å². The molecule has 0 aromatic heterocycles. The number of carbonyl (C=O) groups excluding carboxylic acids is 1. The Hall–Kier alpha value is -1.10. The van der Waals surface area contributed by atoms with E-state index in [9.17, 15) is 4.79 Å². The number of morpholine rings is 1. The molecule has 24 heavy (non-hydrogen) atoms. The highest BCUT2D eigenvalue weighted by Gasteiger charge is 2.38. The summed E-state index contributed by atoms with van der Waals surface area (Å²) in [5.41, 5.74) is 6.41. The van der Waals surface area contributed by atoms with Crippen LogP contribution in [-0.2, 0) is 9.53 Å². The first-order valence-electron chi connectivity index (χ1n) is 8.71. The van der Waals surface area contributed by atoms with E-state index in [4.69, 9.17) is 10.5 Å². The molecule has 1 amide bonds. The molecule has 0 bridgehead atoms. The molecule has 1 aromatic carbocycles. The first-order chi connectivity index (χ1) is 11.0. The molecule has 0 saturated carbocycles. The summed E-state index contributed by atoms with van der Waals surface area (Å²) >= 11 is 0. The highest BCUT2D eigenvalue weighted by atomic mass is 35.5. The van der Waals surface area contributed by atoms with E-state index in [1.165, 1.54) is 0 Å². The topological polar surface area (TPSA) is 55.6 Å². The van der Waals surface area contributed by atoms with Crippen molar-refractivity contribution in [1.82, 2.24) is 4.90 Å². The Morgan fingerprint density at radius 2 is 1.88 bits per heavy atom. The molecule has 1 heterocycles. The largest absolute Gasteiger partial charge is 0.369 e. The zero-order valence-electron chi connectivity index (χ0n) is 14.9. The Morgan fingerprint density at radius 1 is 1.21 bits per heavy atom. The number of unbranched alkanes of at least 4 members (excludes halogenated alkanes) is 3. The van der Waals surface area contributed by atoms with Crippen molar-refractivity contribution in [2.24, 2.45) is 5.73 Å². The second-order valence-electron chi connectivity index (χ2n) is 6.98. The second-order valence-corrected chi connectivity index (χ2v) is 6.98. The van der Waals surface area contributed by atoms with Gasteiger partial charge in [-0.05, 0) is 38.8 Å². The minimum Gasteiger partial charge on any atom is -0.369 e. The number of halogens is 1. The first kappa shape index (κ1) is 20.9. The molecule has 1 fully saturated rings. The van der Waals surface area contributed by atoms with Crippen molar-refractivity contribution in [3.63, 3.8) is 0 Å². The summed E-state index contributed by atoms with van der Waals surface area (Å²) in [4.78, 5) is 14.7. The van der Waals surface area contributed by atoms with Gasteiger partial charge in [-0.3, -0.25) is 4.79 Å². The molecular formula is C19H31ClN2O2. The summed E-state index contributed by atoms with van der Waals surface area (Å²) < 4.78 is 6.01. The van der Waals surface area contributed by atoms with Crippen LogP contribution in [0.3, 0.4) is 0 Å². The molecule has 1 saturated heterocycles. The number of hydrogen-bond donors (Lipinski definition) is 1. The summed E-state index contributed by atoms with van der Waals surface area (Å²) in [5.74, 6) is 0.243. The number of rotatable bonds is 7. The molecule has 0 radical (unpaired) electrons. The molecule has 5 heteroatoms. The Morgan fingerprint density at radius 3 is 2.54 bits per heavy atom. The van der Waals surface area contributed by atoms with Crippen LogP contribution in [0.25, 0.3) is 0 Å². The van der Waals surface area contributed by atoms with Crippen molar-refractivity contribution in [2.75, 3.05) is 19.7 Å². The van der Waals surface area contributed by atoms with Crippen LogP contribution in [0.5, 0.6) is 0 Å². The quantitative estimate of drug-likeness (QED) is 0.759. The van der Waals surface area contributed by atoms with Gasteiger partial charge in [-0.25, -0.2) is 0 Å². The van der Waals surface area contributed by atoms with Gasteiger partial charge in [-0.15, -0.1) is 12.4 Å². The minimum absolute atomic E-state index is 0. The molecule has 2 N–H and O–H groups in total. The van der Waals surface area contributed by atoms with E-state index in [1.54, 1.807) is 0 Å². The van der Waals surface area contributed by atoms with Gasteiger partial charge in [0.15, 0.2) is 0 Å². The summed E-state index contributed by atoms with van der Waals surface area (Å²) in [6.45, 7) is 6.12. The standard InChI is InChI=1S/C19H30N2O2.ClH/c1-19(2)15-23-17(16-10-6-5-7-11-16)14-21(19)18(22)12-8-3-4-9-13-20;/h5-7,10-11,17H,3-4,8-9,12-15,20H2,1-2H3;1H. The maximum Gasteiger partial charge on any atom is 0.223 e. The minimum atomic E-state index is -0.236. The molecule has 4 nitrogen and oxygen atoms in total. The number of benzene rings is 1. The number of nitrogens with zero attached hydrogens (tertiary/aromatic N) is 1. The van der Waals surface area contributed by atoms with E-state index in [0.29, 0.717) is 19.6 Å². The van der Waals surface area contributed by atoms with E-state index in [1.807, 2.05) is 23.1 Å². The van der Waals surface area contributed by atoms with E-state index in [2.05, 4.69) is 26.0 Å². The van der Waals surface area contributed by atoms with Crippen molar-refractivity contribution >= 4 is 18.3 Å². The Labute approximate surface area is 152 Å². The van der Waals surface area contributed by atoms with E-state index in [-0.39, 0.29) is 30.0 Å². The summed E-state index contributed by atoms with van der Waals surface area (Å²) in [6.07, 6.45) is 4.79. The third kappa shape index (κ3) is 5.76. The monoisotopic (exact) mass is 354 g/mol. The van der Waals surface area contributed by atoms with Gasteiger partial charge in [0.1, 0.15) is 6.10 Å². The van der Waals surface area contributed by atoms with Crippen LogP contribution in [-0.4, -0.2) is 36.0 Å². The number of nitrogens with two attached hydrogens (primary N) is 1. The van der Waals surface area contributed by atoms with E-state index in [0.717, 1.165) is 37.8 Å². The molecule has 1 unspecified atom stereocenters. The van der Waals surface area contributed by atoms with Crippen LogP contribution in [0, 0.1) is 0 Å². The molecule has 1 aliphatic rings. The number of amides is 1. The average Bonchev–Trinajstić information content (AvgIpc) is 2.55. The lowest BCUT2D eigenvalue weighted by Crippen LogP contribution is -2.56. The van der Waals surface area contributed by atoms with Gasteiger partial charge in [-0.2, -0.15) is 0 Å². The van der Waals surface area contributed by atoms with Crippen LogP contribution in [0.4, 0.5) is 0 Å². The van der Waals surface area contributed by atoms with Gasteiger partial charge in [0, 0.05) is 6.42 Å². The van der Waals surface area contributed by atoms with Crippen LogP contribution >= 0.6 is 12.4 Å². The van der Waals surface area contributed by atoms with Crippen molar-refractivity contribution in [1.29, 1.82) is 0 Å². The van der Waals surface area contributed by atoms with E-state index >= 15 is 0 Å². The van der Waals surface area contributed by atoms with Gasteiger partial charge in [0.2, 0.25) is 5.91 Å². The van der Waals surface area contributed by atoms with Crippen molar-refractivity contribution in [3.05, 3.63) is 35.9 Å². The lowest BCUT2D eigenvalue weighted by Gasteiger charge is -2.45. The molecular weight excluding hydrogens is 324 g/mol. The number of hydrogen-bond acceptors (Lipinski definition) is 3. The maximum atomic E-state index is 12.7. The van der Waals surface area contributed by atoms with Gasteiger partial charge >= 0.3 is 0 Å². The average molecular weight is 355 g/mol. The Bertz CT molecular complexity index is 493. The smallest absolute Gasteiger partial charge is 0.223 e. The highest BCUT2D eigenvalue weighted by molar-refractivity contribution is 5.85. The zero-order valence-corrected chi connectivity index (χ0v) is 15.7. The van der Waals surface area contributed by atoms with Crippen LogP contribution in [0.1, 0.15) is 57.6 Å². The zero-order chi connectivity index (χ0) is 16.7. The molecule has 1 aliphatic heterocycles. The van der Waals surface area contributed by atoms with Gasteiger partial charge in [-0.1, -0.05) is 43.2 Å². The summed E-state index contributed by atoms with van der Waals surface area (Å²) in [6, 6.07) is 10.2. The maximum absolute atomic E-state index is 12.7. The molecule has 136 valence electrons. The predicted molar refractivity (Wildman–Crippen MR) is 100 cm³/mol. The van der Waals surface area contributed by atoms with Crippen LogP contribution < -0.4 is 5.73 Å². The predicted octanol–water partition coefficient (Wildman–Crippen LogP) is 3.70. The fourth-order valence-electron chi connectivity index (χ4n) is 3.07. The Kier molecular flexibility index (Phi) is 8.74. The molecule has 1 aromatic rings. The van der Waals surface area contributed by atoms with Gasteiger partial charge in [0.05, 0.1) is 18.7 Å². The number of carbonyl (C=O) groups is 1. The van der Waals surface area contributed by atoms with Crippen molar-refractivity contribution < 1.29 is 9.53 Å². The fraction of sp³-hybridized carbons (Fsp3) is 0.632. The van der Waals surface area contributed by atoms with Crippen LogP contribution in [0.2, 0.25) is 0 Å². The van der Waals surface area contributed by atoms with Crippen molar-refractivity contribution in [2.45, 2.75) is 57.6 Å². The number of ether oxygens (including phenoxy) is 1. The first-order valence-corrected chi connectivity index (χ1v) is 8.71. The summed E-state index contributed by atoms with van der Waals surface area (Å²) in [7, 11) is 0. The van der Waals surface area contributed by atoms with Crippen molar-refractivity contribution in [3.8, 4) is 0 Å². The lowest BCUT2D eigenvalue weighted by molar-refractivity contribution is -0.155.